The van der Waals surface area contributed by atoms with E-state index in [0.717, 1.165) is 16.6 Å². The van der Waals surface area contributed by atoms with Gasteiger partial charge in [0.2, 0.25) is 0 Å². The van der Waals surface area contributed by atoms with Crippen molar-refractivity contribution in [3.63, 3.8) is 0 Å². The molecule has 0 unspecified atom stereocenters. The van der Waals surface area contributed by atoms with E-state index in [0.29, 0.717) is 0 Å². The van der Waals surface area contributed by atoms with Gasteiger partial charge in [-0.1, -0.05) is 24.3 Å². The Kier molecular flexibility index (Phi) is 2.91. The Hall–Kier alpha value is -3.54. The van der Waals surface area contributed by atoms with Crippen molar-refractivity contribution < 1.29 is 0 Å². The van der Waals surface area contributed by atoms with Crippen LogP contribution in [0.3, 0.4) is 0 Å². The number of fused-ring (bicyclic) bond motifs is 13. The highest BCUT2D eigenvalue weighted by atomic mass is 32.1. The Bertz CT molecular complexity index is 2010. The Morgan fingerprint density at radius 1 is 0.613 bits per heavy atom. The number of imidazole rings is 1. The van der Waals surface area contributed by atoms with Crippen molar-refractivity contribution >= 4 is 90.5 Å². The zero-order valence-electron chi connectivity index (χ0n) is 16.2. The molecule has 0 radical (unpaired) electrons. The SMILES string of the molecule is c1ccc2c(c1)sc1cc3sc4c(ccc5c6ncccc6c6nccn6c54)c3cc12. The first-order valence-electron chi connectivity index (χ1n) is 10.2. The molecule has 3 aromatic carbocycles. The van der Waals surface area contributed by atoms with Crippen molar-refractivity contribution in [2.45, 2.75) is 0 Å². The van der Waals surface area contributed by atoms with E-state index in [1.54, 1.807) is 0 Å². The first-order chi connectivity index (χ1) is 15.4. The zero-order chi connectivity index (χ0) is 20.1. The molecule has 0 amide bonds. The second kappa shape index (κ2) is 5.58. The number of benzene rings is 3. The minimum Gasteiger partial charge on any atom is -0.298 e. The maximum atomic E-state index is 4.72. The van der Waals surface area contributed by atoms with E-state index in [9.17, 15) is 0 Å². The molecule has 0 atom stereocenters. The van der Waals surface area contributed by atoms with Crippen LogP contribution in [0.2, 0.25) is 0 Å². The lowest BCUT2D eigenvalue weighted by atomic mass is 10.1. The molecule has 0 saturated heterocycles. The summed E-state index contributed by atoms with van der Waals surface area (Å²) >= 11 is 3.75. The lowest BCUT2D eigenvalue weighted by Gasteiger charge is -2.08. The largest absolute Gasteiger partial charge is 0.298 e. The number of aromatic nitrogens is 3. The lowest BCUT2D eigenvalue weighted by molar-refractivity contribution is 1.27. The molecular weight excluding hydrogens is 418 g/mol. The van der Waals surface area contributed by atoms with Gasteiger partial charge in [0, 0.05) is 65.0 Å². The lowest BCUT2D eigenvalue weighted by Crippen LogP contribution is -1.92. The molecule has 0 aliphatic rings. The van der Waals surface area contributed by atoms with Gasteiger partial charge in [0.15, 0.2) is 0 Å². The summed E-state index contributed by atoms with van der Waals surface area (Å²) in [5, 5.41) is 7.58. The molecule has 0 spiro atoms. The number of nitrogens with zero attached hydrogens (tertiary/aromatic N) is 3. The van der Waals surface area contributed by atoms with Crippen LogP contribution in [0.5, 0.6) is 0 Å². The van der Waals surface area contributed by atoms with Crippen LogP contribution in [-0.2, 0) is 0 Å². The average molecular weight is 432 g/mol. The summed E-state index contributed by atoms with van der Waals surface area (Å²) in [6.07, 6.45) is 5.82. The van der Waals surface area contributed by atoms with Crippen LogP contribution in [0, 0.1) is 0 Å². The summed E-state index contributed by atoms with van der Waals surface area (Å²) in [5.74, 6) is 0. The monoisotopic (exact) mass is 431 g/mol. The summed E-state index contributed by atoms with van der Waals surface area (Å²) in [6.45, 7) is 0. The molecule has 0 aliphatic heterocycles. The number of thiophene rings is 2. The molecule has 0 saturated carbocycles. The Balaban J connectivity index is 1.62. The van der Waals surface area contributed by atoms with Gasteiger partial charge in [0.05, 0.1) is 15.7 Å². The van der Waals surface area contributed by atoms with E-state index >= 15 is 0 Å². The summed E-state index contributed by atoms with van der Waals surface area (Å²) in [6, 6.07) is 22.1. The fraction of sp³-hybridized carbons (Fsp3) is 0. The smallest absolute Gasteiger partial charge is 0.146 e. The summed E-state index contributed by atoms with van der Waals surface area (Å²) < 4.78 is 7.56. The minimum atomic E-state index is 0.965. The van der Waals surface area contributed by atoms with Crippen molar-refractivity contribution in [3.05, 3.63) is 79.3 Å². The second-order valence-electron chi connectivity index (χ2n) is 7.90. The van der Waals surface area contributed by atoms with Gasteiger partial charge in [-0.05, 0) is 36.4 Å². The Morgan fingerprint density at radius 2 is 1.45 bits per heavy atom. The quantitative estimate of drug-likeness (QED) is 0.230. The van der Waals surface area contributed by atoms with Crippen molar-refractivity contribution in [3.8, 4) is 0 Å². The molecule has 8 rings (SSSR count). The Morgan fingerprint density at radius 3 is 2.45 bits per heavy atom. The van der Waals surface area contributed by atoms with Crippen LogP contribution in [0.15, 0.2) is 79.3 Å². The molecule has 8 aromatic rings. The Labute approximate surface area is 183 Å². The summed E-state index contributed by atoms with van der Waals surface area (Å²) in [5.41, 5.74) is 3.18. The third-order valence-corrected chi connectivity index (χ3v) is 8.61. The van der Waals surface area contributed by atoms with Gasteiger partial charge in [-0.25, -0.2) is 4.98 Å². The van der Waals surface area contributed by atoms with Crippen molar-refractivity contribution in [2.75, 3.05) is 0 Å². The molecule has 0 N–H and O–H groups in total. The number of hydrogen-bond acceptors (Lipinski definition) is 4. The predicted molar refractivity (Wildman–Crippen MR) is 134 cm³/mol. The summed E-state index contributed by atoms with van der Waals surface area (Å²) in [4.78, 5) is 9.38. The highest BCUT2D eigenvalue weighted by Gasteiger charge is 2.17. The topological polar surface area (TPSA) is 30.2 Å². The van der Waals surface area contributed by atoms with E-state index in [2.05, 4.69) is 70.2 Å². The van der Waals surface area contributed by atoms with Gasteiger partial charge in [-0.2, -0.15) is 0 Å². The molecule has 0 bridgehead atoms. The van der Waals surface area contributed by atoms with E-state index in [-0.39, 0.29) is 0 Å². The van der Waals surface area contributed by atoms with Gasteiger partial charge in [-0.3, -0.25) is 9.38 Å². The van der Waals surface area contributed by atoms with Crippen LogP contribution in [0.1, 0.15) is 0 Å². The molecule has 3 nitrogen and oxygen atoms in total. The number of pyridine rings is 2. The molecule has 5 heteroatoms. The highest BCUT2D eigenvalue weighted by Crippen LogP contribution is 2.44. The third-order valence-electron chi connectivity index (χ3n) is 6.30. The fourth-order valence-electron chi connectivity index (χ4n) is 4.96. The molecular formula is C26H13N3S2. The molecule has 5 aromatic heterocycles. The second-order valence-corrected chi connectivity index (χ2v) is 10.0. The maximum absolute atomic E-state index is 4.72. The van der Waals surface area contributed by atoms with Crippen LogP contribution < -0.4 is 0 Å². The first kappa shape index (κ1) is 16.2. The van der Waals surface area contributed by atoms with Crippen molar-refractivity contribution in [2.24, 2.45) is 0 Å². The van der Waals surface area contributed by atoms with E-state index in [1.165, 1.54) is 51.2 Å². The molecule has 5 heterocycles. The van der Waals surface area contributed by atoms with E-state index in [1.807, 2.05) is 41.1 Å². The van der Waals surface area contributed by atoms with Crippen LogP contribution in [0.25, 0.3) is 67.8 Å². The molecule has 31 heavy (non-hydrogen) atoms. The van der Waals surface area contributed by atoms with Crippen LogP contribution in [-0.4, -0.2) is 14.4 Å². The van der Waals surface area contributed by atoms with Crippen LogP contribution >= 0.6 is 22.7 Å². The minimum absolute atomic E-state index is 0.965. The predicted octanol–water partition coefficient (Wildman–Crippen LogP) is 7.77. The number of rotatable bonds is 0. The first-order valence-corrected chi connectivity index (χ1v) is 11.8. The molecule has 0 fully saturated rings. The zero-order valence-corrected chi connectivity index (χ0v) is 17.8. The normalized spacial score (nSPS) is 12.5. The van der Waals surface area contributed by atoms with Crippen molar-refractivity contribution in [1.29, 1.82) is 0 Å². The van der Waals surface area contributed by atoms with E-state index in [4.69, 9.17) is 4.98 Å². The van der Waals surface area contributed by atoms with E-state index < -0.39 is 0 Å². The number of hydrogen-bond donors (Lipinski definition) is 0. The fourth-order valence-corrected chi connectivity index (χ4v) is 7.43. The maximum Gasteiger partial charge on any atom is 0.146 e. The van der Waals surface area contributed by atoms with Gasteiger partial charge in [0.1, 0.15) is 5.65 Å². The van der Waals surface area contributed by atoms with Gasteiger partial charge < -0.3 is 0 Å². The highest BCUT2D eigenvalue weighted by molar-refractivity contribution is 7.28. The molecule has 0 aliphatic carbocycles. The average Bonchev–Trinajstić information content (AvgIpc) is 3.52. The van der Waals surface area contributed by atoms with Gasteiger partial charge >= 0.3 is 0 Å². The molecule has 144 valence electrons. The van der Waals surface area contributed by atoms with Crippen molar-refractivity contribution in [1.82, 2.24) is 14.4 Å². The third kappa shape index (κ3) is 1.98. The standard InChI is InChI=1S/C26H13N3S2/c1-2-6-20-14(4-1)18-12-19-15-7-8-16-23-17(5-3-9-27-23)26-28-10-11-29(26)24(16)25(15)31-22(19)13-21(18)30-20/h1-13H. The van der Waals surface area contributed by atoms with Gasteiger partial charge in [-0.15, -0.1) is 22.7 Å². The van der Waals surface area contributed by atoms with Crippen LogP contribution in [0.4, 0.5) is 0 Å². The van der Waals surface area contributed by atoms with Gasteiger partial charge in [0.25, 0.3) is 0 Å². The summed E-state index contributed by atoms with van der Waals surface area (Å²) in [7, 11) is 0.